The molecule has 1 fully saturated rings. The second-order valence-corrected chi connectivity index (χ2v) is 7.31. The van der Waals surface area contributed by atoms with E-state index in [0.717, 1.165) is 48.6 Å². The van der Waals surface area contributed by atoms with Crippen molar-refractivity contribution < 1.29 is 14.0 Å². The number of nitrogens with one attached hydrogen (secondary N) is 2. The number of thioether (sulfide) groups is 1. The smallest absolute Gasteiger partial charge is 0.321 e. The largest absolute Gasteiger partial charge is 0.411 e. The van der Waals surface area contributed by atoms with Gasteiger partial charge in [0.1, 0.15) is 0 Å². The highest BCUT2D eigenvalue weighted by Crippen LogP contribution is 2.23. The summed E-state index contributed by atoms with van der Waals surface area (Å²) in [5, 5.41) is 13.4. The van der Waals surface area contributed by atoms with Crippen molar-refractivity contribution in [1.82, 2.24) is 20.8 Å². The number of hydrogen-bond donors (Lipinski definition) is 2. The maximum absolute atomic E-state index is 11.9. The number of nitrogens with zero attached hydrogens (tertiary/aromatic N) is 2. The van der Waals surface area contributed by atoms with Crippen molar-refractivity contribution >= 4 is 23.7 Å². The zero-order valence-corrected chi connectivity index (χ0v) is 15.5. The third-order valence-corrected chi connectivity index (χ3v) is 5.04. The molecule has 0 atom stereocenters. The van der Waals surface area contributed by atoms with Gasteiger partial charge in [0.25, 0.3) is 5.22 Å². The van der Waals surface area contributed by atoms with Crippen LogP contribution in [0, 0.1) is 6.92 Å². The Morgan fingerprint density at radius 2 is 1.88 bits per heavy atom. The molecule has 26 heavy (non-hydrogen) atoms. The molecule has 3 rings (SSSR count). The van der Waals surface area contributed by atoms with E-state index in [9.17, 15) is 9.59 Å². The van der Waals surface area contributed by atoms with Gasteiger partial charge in [0, 0.05) is 11.6 Å². The Bertz CT molecular complexity index is 754. The Labute approximate surface area is 156 Å². The average Bonchev–Trinajstić information content (AvgIpc) is 3.10. The van der Waals surface area contributed by atoms with Crippen molar-refractivity contribution in [3.05, 3.63) is 29.8 Å². The lowest BCUT2D eigenvalue weighted by Crippen LogP contribution is -2.45. The summed E-state index contributed by atoms with van der Waals surface area (Å²) < 4.78 is 5.55. The van der Waals surface area contributed by atoms with E-state index in [1.54, 1.807) is 0 Å². The van der Waals surface area contributed by atoms with E-state index in [1.807, 2.05) is 31.2 Å². The zero-order valence-electron chi connectivity index (χ0n) is 14.7. The quantitative estimate of drug-likeness (QED) is 0.780. The van der Waals surface area contributed by atoms with Gasteiger partial charge in [-0.2, -0.15) is 0 Å². The zero-order chi connectivity index (χ0) is 18.4. The fraction of sp³-hybridized carbons (Fsp3) is 0.444. The molecule has 8 heteroatoms. The van der Waals surface area contributed by atoms with E-state index in [1.165, 1.54) is 6.42 Å². The van der Waals surface area contributed by atoms with Gasteiger partial charge in [0.15, 0.2) is 0 Å². The second-order valence-electron chi connectivity index (χ2n) is 6.38. The first kappa shape index (κ1) is 18.4. The minimum absolute atomic E-state index is 0.0353. The van der Waals surface area contributed by atoms with Crippen LogP contribution in [0.15, 0.2) is 33.9 Å². The number of amides is 3. The minimum Gasteiger partial charge on any atom is -0.411 e. The van der Waals surface area contributed by atoms with Gasteiger partial charge >= 0.3 is 6.03 Å². The van der Waals surface area contributed by atoms with Crippen LogP contribution in [0.5, 0.6) is 0 Å². The van der Waals surface area contributed by atoms with Crippen LogP contribution in [0.3, 0.4) is 0 Å². The third-order valence-electron chi connectivity index (χ3n) is 4.23. The molecular weight excluding hydrogens is 352 g/mol. The third kappa shape index (κ3) is 5.32. The lowest BCUT2D eigenvalue weighted by molar-refractivity contribution is -0.117. The van der Waals surface area contributed by atoms with Crippen molar-refractivity contribution in [2.75, 3.05) is 5.75 Å². The van der Waals surface area contributed by atoms with Crippen LogP contribution in [0.25, 0.3) is 11.5 Å². The summed E-state index contributed by atoms with van der Waals surface area (Å²) >= 11 is 1.10. The molecule has 1 saturated carbocycles. The fourth-order valence-electron chi connectivity index (χ4n) is 2.84. The topological polar surface area (TPSA) is 97.1 Å². The number of aromatic nitrogens is 2. The monoisotopic (exact) mass is 374 g/mol. The van der Waals surface area contributed by atoms with Crippen LogP contribution in [-0.2, 0) is 4.79 Å². The number of urea groups is 1. The fourth-order valence-corrected chi connectivity index (χ4v) is 3.40. The first-order chi connectivity index (χ1) is 12.6. The Morgan fingerprint density at radius 1 is 1.15 bits per heavy atom. The van der Waals surface area contributed by atoms with Gasteiger partial charge in [0.2, 0.25) is 11.8 Å². The van der Waals surface area contributed by atoms with Gasteiger partial charge in [-0.15, -0.1) is 10.2 Å². The van der Waals surface area contributed by atoms with E-state index in [2.05, 4.69) is 20.8 Å². The Balaban J connectivity index is 1.44. The van der Waals surface area contributed by atoms with Crippen molar-refractivity contribution in [2.24, 2.45) is 0 Å². The highest BCUT2D eigenvalue weighted by atomic mass is 32.2. The molecule has 2 aromatic rings. The number of rotatable bonds is 5. The SMILES string of the molecule is Cc1ccc(-c2nnc(SCC(=O)NC(=O)NC3CCCCC3)o2)cc1. The molecule has 7 nitrogen and oxygen atoms in total. The van der Waals surface area contributed by atoms with Crippen LogP contribution < -0.4 is 10.6 Å². The van der Waals surface area contributed by atoms with E-state index < -0.39 is 11.9 Å². The van der Waals surface area contributed by atoms with Crippen LogP contribution >= 0.6 is 11.8 Å². The van der Waals surface area contributed by atoms with E-state index in [4.69, 9.17) is 4.42 Å². The van der Waals surface area contributed by atoms with E-state index in [-0.39, 0.29) is 11.8 Å². The molecule has 0 unspecified atom stereocenters. The molecule has 0 saturated heterocycles. The van der Waals surface area contributed by atoms with Gasteiger partial charge in [-0.3, -0.25) is 10.1 Å². The highest BCUT2D eigenvalue weighted by molar-refractivity contribution is 7.99. The van der Waals surface area contributed by atoms with E-state index >= 15 is 0 Å². The highest BCUT2D eigenvalue weighted by Gasteiger charge is 2.17. The second kappa shape index (κ2) is 8.84. The summed E-state index contributed by atoms with van der Waals surface area (Å²) in [6.07, 6.45) is 5.40. The summed E-state index contributed by atoms with van der Waals surface area (Å²) in [6, 6.07) is 7.46. The maximum atomic E-state index is 11.9. The lowest BCUT2D eigenvalue weighted by Gasteiger charge is -2.22. The Hall–Kier alpha value is -2.35. The molecule has 138 valence electrons. The van der Waals surface area contributed by atoms with Gasteiger partial charge in [-0.25, -0.2) is 4.79 Å². The number of imide groups is 1. The molecule has 1 aromatic heterocycles. The van der Waals surface area contributed by atoms with Crippen LogP contribution in [0.1, 0.15) is 37.7 Å². The van der Waals surface area contributed by atoms with Crippen LogP contribution in [-0.4, -0.2) is 33.9 Å². The van der Waals surface area contributed by atoms with Gasteiger partial charge in [-0.1, -0.05) is 48.7 Å². The normalized spacial score (nSPS) is 14.8. The summed E-state index contributed by atoms with van der Waals surface area (Å²) in [5.74, 6) is 0.0505. The number of carbonyl (C=O) groups is 2. The summed E-state index contributed by atoms with van der Waals surface area (Å²) in [6.45, 7) is 2.00. The minimum atomic E-state index is -0.437. The van der Waals surface area contributed by atoms with E-state index in [0.29, 0.717) is 11.1 Å². The molecular formula is C18H22N4O3S. The molecule has 1 aliphatic carbocycles. The van der Waals surface area contributed by atoms with Crippen molar-refractivity contribution in [3.8, 4) is 11.5 Å². The summed E-state index contributed by atoms with van der Waals surface area (Å²) in [7, 11) is 0. The molecule has 0 spiro atoms. The molecule has 1 aliphatic rings. The molecule has 0 aliphatic heterocycles. The van der Waals surface area contributed by atoms with Crippen molar-refractivity contribution in [3.63, 3.8) is 0 Å². The summed E-state index contributed by atoms with van der Waals surface area (Å²) in [5.41, 5.74) is 1.97. The molecule has 2 N–H and O–H groups in total. The van der Waals surface area contributed by atoms with Gasteiger partial charge < -0.3 is 9.73 Å². The predicted octanol–water partition coefficient (Wildman–Crippen LogP) is 3.30. The summed E-state index contributed by atoms with van der Waals surface area (Å²) in [4.78, 5) is 23.7. The number of carbonyl (C=O) groups excluding carboxylic acids is 2. The Kier molecular flexibility index (Phi) is 6.27. The number of benzene rings is 1. The van der Waals surface area contributed by atoms with Crippen LogP contribution in [0.2, 0.25) is 0 Å². The van der Waals surface area contributed by atoms with Gasteiger partial charge in [0.05, 0.1) is 5.75 Å². The van der Waals surface area contributed by atoms with Crippen molar-refractivity contribution in [2.45, 2.75) is 50.3 Å². The average molecular weight is 374 g/mol. The lowest BCUT2D eigenvalue weighted by atomic mass is 9.96. The first-order valence-corrected chi connectivity index (χ1v) is 9.72. The first-order valence-electron chi connectivity index (χ1n) is 8.74. The van der Waals surface area contributed by atoms with Crippen molar-refractivity contribution in [1.29, 1.82) is 0 Å². The van der Waals surface area contributed by atoms with Crippen LogP contribution in [0.4, 0.5) is 4.79 Å². The molecule has 0 bridgehead atoms. The maximum Gasteiger partial charge on any atom is 0.321 e. The predicted molar refractivity (Wildman–Crippen MR) is 98.7 cm³/mol. The Morgan fingerprint density at radius 3 is 2.62 bits per heavy atom. The number of hydrogen-bond acceptors (Lipinski definition) is 6. The molecule has 1 aromatic carbocycles. The number of aryl methyl sites for hydroxylation is 1. The standard InChI is InChI=1S/C18H22N4O3S/c1-12-7-9-13(10-8-12)16-21-22-18(25-16)26-11-15(23)20-17(24)19-14-5-3-2-4-6-14/h7-10,14H,2-6,11H2,1H3,(H2,19,20,23,24). The molecule has 0 radical (unpaired) electrons. The molecule has 3 amide bonds. The van der Waals surface area contributed by atoms with Gasteiger partial charge in [-0.05, 0) is 31.9 Å². The molecule has 1 heterocycles.